The molecule has 0 radical (unpaired) electrons. The van der Waals surface area contributed by atoms with Gasteiger partial charge in [-0.1, -0.05) is 0 Å². The lowest BCUT2D eigenvalue weighted by Gasteiger charge is -2.20. The molecule has 1 unspecified atom stereocenters. The van der Waals surface area contributed by atoms with Crippen molar-refractivity contribution >= 4 is 5.78 Å². The van der Waals surface area contributed by atoms with E-state index >= 15 is 0 Å². The number of alkyl halides is 3. The molecule has 1 heterocycles. The lowest BCUT2D eigenvalue weighted by molar-refractivity contribution is -0.138. The number of ketones is 1. The largest absolute Gasteiger partial charge is 0.389 e. The van der Waals surface area contributed by atoms with Gasteiger partial charge in [0.2, 0.25) is 0 Å². The van der Waals surface area contributed by atoms with Crippen LogP contribution in [0.25, 0.3) is 0 Å². The van der Waals surface area contributed by atoms with E-state index in [1.807, 2.05) is 0 Å². The van der Waals surface area contributed by atoms with Gasteiger partial charge in [0, 0.05) is 25.4 Å². The van der Waals surface area contributed by atoms with Crippen LogP contribution in [0.5, 0.6) is 0 Å². The molecule has 0 bridgehead atoms. The Bertz CT molecular complexity index is 207. The average Bonchev–Trinajstić information content (AvgIpc) is 2.17. The lowest BCUT2D eigenvalue weighted by atomic mass is 9.94. The van der Waals surface area contributed by atoms with E-state index in [1.165, 1.54) is 0 Å². The lowest BCUT2D eigenvalue weighted by Crippen LogP contribution is -2.25. The maximum Gasteiger partial charge on any atom is 0.389 e. The molecule has 0 amide bonds. The predicted molar refractivity (Wildman–Crippen MR) is 48.5 cm³/mol. The summed E-state index contributed by atoms with van der Waals surface area (Å²) in [6, 6.07) is 0. The molecule has 1 fully saturated rings. The summed E-state index contributed by atoms with van der Waals surface area (Å²) < 4.78 is 40.5. The summed E-state index contributed by atoms with van der Waals surface area (Å²) in [7, 11) is 0. The highest BCUT2D eigenvalue weighted by atomic mass is 19.4. The van der Waals surface area contributed by atoms with Gasteiger partial charge >= 0.3 is 6.18 Å². The van der Waals surface area contributed by atoms with Crippen LogP contribution in [0, 0.1) is 5.92 Å². The zero-order chi connectivity index (χ0) is 11.3. The SMILES string of the molecule is O=C(CCCC(F)(F)F)C1CCCOC1. The Balaban J connectivity index is 2.17. The second-order valence-corrected chi connectivity index (χ2v) is 3.85. The van der Waals surface area contributed by atoms with Crippen LogP contribution in [0.2, 0.25) is 0 Å². The van der Waals surface area contributed by atoms with Gasteiger partial charge in [-0.05, 0) is 19.3 Å². The fraction of sp³-hybridized carbons (Fsp3) is 0.900. The molecule has 0 spiro atoms. The third kappa shape index (κ3) is 5.16. The average molecular weight is 224 g/mol. The maximum absolute atomic E-state index is 11.8. The normalized spacial score (nSPS) is 22.7. The van der Waals surface area contributed by atoms with E-state index in [0.717, 1.165) is 12.8 Å². The molecule has 88 valence electrons. The molecule has 0 aromatic carbocycles. The zero-order valence-electron chi connectivity index (χ0n) is 8.48. The quantitative estimate of drug-likeness (QED) is 0.733. The predicted octanol–water partition coefficient (Wildman–Crippen LogP) is 2.71. The molecule has 0 aliphatic carbocycles. The van der Waals surface area contributed by atoms with Gasteiger partial charge in [0.1, 0.15) is 5.78 Å². The Morgan fingerprint density at radius 1 is 1.40 bits per heavy atom. The summed E-state index contributed by atoms with van der Waals surface area (Å²) in [5.41, 5.74) is 0. The van der Waals surface area contributed by atoms with Crippen LogP contribution in [0.3, 0.4) is 0 Å². The van der Waals surface area contributed by atoms with Gasteiger partial charge in [0.15, 0.2) is 0 Å². The summed E-state index contributed by atoms with van der Waals surface area (Å²) >= 11 is 0. The Kier molecular flexibility index (Phi) is 4.57. The van der Waals surface area contributed by atoms with Crippen LogP contribution in [-0.2, 0) is 9.53 Å². The van der Waals surface area contributed by atoms with E-state index in [-0.39, 0.29) is 24.5 Å². The molecule has 2 nitrogen and oxygen atoms in total. The molecule has 0 aromatic heterocycles. The van der Waals surface area contributed by atoms with Crippen molar-refractivity contribution < 1.29 is 22.7 Å². The molecule has 1 aliphatic rings. The van der Waals surface area contributed by atoms with E-state index in [0.29, 0.717) is 13.2 Å². The van der Waals surface area contributed by atoms with E-state index in [4.69, 9.17) is 4.74 Å². The smallest absolute Gasteiger partial charge is 0.381 e. The first-order chi connectivity index (χ1) is 6.99. The van der Waals surface area contributed by atoms with Gasteiger partial charge in [0.25, 0.3) is 0 Å². The molecule has 1 atom stereocenters. The number of hydrogen-bond donors (Lipinski definition) is 0. The topological polar surface area (TPSA) is 26.3 Å². The van der Waals surface area contributed by atoms with E-state index in [2.05, 4.69) is 0 Å². The van der Waals surface area contributed by atoms with Gasteiger partial charge in [0.05, 0.1) is 6.61 Å². The van der Waals surface area contributed by atoms with Crippen LogP contribution in [0.1, 0.15) is 32.1 Å². The number of Topliss-reactive ketones (excluding diaryl/α,β-unsaturated/α-hetero) is 1. The summed E-state index contributed by atoms with van der Waals surface area (Å²) in [4.78, 5) is 11.4. The van der Waals surface area contributed by atoms with E-state index in [9.17, 15) is 18.0 Å². The number of rotatable bonds is 4. The van der Waals surface area contributed by atoms with Gasteiger partial charge in [-0.2, -0.15) is 13.2 Å². The van der Waals surface area contributed by atoms with Crippen molar-refractivity contribution in [3.8, 4) is 0 Å². The van der Waals surface area contributed by atoms with Crippen LogP contribution in [-0.4, -0.2) is 25.2 Å². The highest BCUT2D eigenvalue weighted by molar-refractivity contribution is 5.81. The molecule has 0 saturated carbocycles. The number of halogens is 3. The van der Waals surface area contributed by atoms with E-state index in [1.54, 1.807) is 0 Å². The van der Waals surface area contributed by atoms with Gasteiger partial charge < -0.3 is 4.74 Å². The summed E-state index contributed by atoms with van der Waals surface area (Å²) in [5.74, 6) is -0.258. The van der Waals surface area contributed by atoms with E-state index < -0.39 is 12.6 Å². The number of ether oxygens (including phenoxy) is 1. The van der Waals surface area contributed by atoms with Crippen molar-refractivity contribution in [3.63, 3.8) is 0 Å². The first-order valence-corrected chi connectivity index (χ1v) is 5.16. The molecule has 1 aliphatic heterocycles. The monoisotopic (exact) mass is 224 g/mol. The van der Waals surface area contributed by atoms with Crippen molar-refractivity contribution in [1.29, 1.82) is 0 Å². The first kappa shape index (κ1) is 12.5. The molecule has 1 rings (SSSR count). The Morgan fingerprint density at radius 2 is 2.13 bits per heavy atom. The van der Waals surface area contributed by atoms with Crippen LogP contribution in [0.4, 0.5) is 13.2 Å². The maximum atomic E-state index is 11.8. The van der Waals surface area contributed by atoms with Crippen molar-refractivity contribution in [2.24, 2.45) is 5.92 Å². The molecule has 0 N–H and O–H groups in total. The summed E-state index contributed by atoms with van der Waals surface area (Å²) in [5, 5.41) is 0. The second kappa shape index (κ2) is 5.49. The minimum atomic E-state index is -4.15. The summed E-state index contributed by atoms with van der Waals surface area (Å²) in [6.45, 7) is 1.04. The van der Waals surface area contributed by atoms with Crippen LogP contribution in [0.15, 0.2) is 0 Å². The van der Waals surface area contributed by atoms with Crippen molar-refractivity contribution in [3.05, 3.63) is 0 Å². The molecule has 15 heavy (non-hydrogen) atoms. The Morgan fingerprint density at radius 3 is 2.67 bits per heavy atom. The van der Waals surface area contributed by atoms with Crippen molar-refractivity contribution in [1.82, 2.24) is 0 Å². The first-order valence-electron chi connectivity index (χ1n) is 5.16. The van der Waals surface area contributed by atoms with Crippen molar-refractivity contribution in [2.45, 2.75) is 38.3 Å². The Hall–Kier alpha value is -0.580. The number of carbonyl (C=O) groups is 1. The number of hydrogen-bond acceptors (Lipinski definition) is 2. The van der Waals surface area contributed by atoms with Crippen LogP contribution >= 0.6 is 0 Å². The molecular weight excluding hydrogens is 209 g/mol. The van der Waals surface area contributed by atoms with Crippen LogP contribution < -0.4 is 0 Å². The highest BCUT2D eigenvalue weighted by Crippen LogP contribution is 2.24. The standard InChI is InChI=1S/C10H15F3O2/c11-10(12,13)5-1-4-9(14)8-3-2-6-15-7-8/h8H,1-7H2. The Labute approximate surface area is 86.8 Å². The molecule has 0 aromatic rings. The third-order valence-electron chi connectivity index (χ3n) is 2.50. The highest BCUT2D eigenvalue weighted by Gasteiger charge is 2.28. The number of carbonyl (C=O) groups excluding carboxylic acids is 1. The fourth-order valence-electron chi connectivity index (χ4n) is 1.66. The molecule has 1 saturated heterocycles. The minimum Gasteiger partial charge on any atom is -0.381 e. The van der Waals surface area contributed by atoms with Gasteiger partial charge in [-0.15, -0.1) is 0 Å². The van der Waals surface area contributed by atoms with Gasteiger partial charge in [-0.25, -0.2) is 0 Å². The second-order valence-electron chi connectivity index (χ2n) is 3.85. The zero-order valence-corrected chi connectivity index (χ0v) is 8.48. The minimum absolute atomic E-state index is 0.0214. The molecular formula is C10H15F3O2. The van der Waals surface area contributed by atoms with Crippen molar-refractivity contribution in [2.75, 3.05) is 13.2 Å². The molecule has 5 heteroatoms. The summed E-state index contributed by atoms with van der Waals surface area (Å²) in [6.07, 6.45) is -3.51. The van der Waals surface area contributed by atoms with Gasteiger partial charge in [-0.3, -0.25) is 4.79 Å². The fourth-order valence-corrected chi connectivity index (χ4v) is 1.66. The third-order valence-corrected chi connectivity index (χ3v) is 2.50.